The monoisotopic (exact) mass is 295 g/mol. The van der Waals surface area contributed by atoms with Gasteiger partial charge in [0.1, 0.15) is 5.75 Å². The molecule has 0 bridgehead atoms. The maximum absolute atomic E-state index is 12.2. The van der Waals surface area contributed by atoms with Gasteiger partial charge in [0.15, 0.2) is 0 Å². The summed E-state index contributed by atoms with van der Waals surface area (Å²) < 4.78 is 5.33. The molecule has 0 saturated carbocycles. The first kappa shape index (κ1) is 14.0. The van der Waals surface area contributed by atoms with Gasteiger partial charge >= 0.3 is 5.97 Å². The van der Waals surface area contributed by atoms with Crippen LogP contribution >= 0.6 is 0 Å². The second kappa shape index (κ2) is 5.11. The van der Waals surface area contributed by atoms with Crippen molar-refractivity contribution in [3.63, 3.8) is 0 Å². The largest absolute Gasteiger partial charge is 0.423 e. The lowest BCUT2D eigenvalue weighted by molar-refractivity contribution is 0.0691. The van der Waals surface area contributed by atoms with Crippen LogP contribution in [0.3, 0.4) is 0 Å². The molecule has 2 aromatic carbocycles. The standard InChI is InChI=1S/C17H13NO4/c1-10-5-3-4-6-14(10)22-17(21)11-7-8-12-13(9-11)16(20)18(2)15(12)19/h3-9H,1-2H3. The van der Waals surface area contributed by atoms with Crippen molar-refractivity contribution in [3.05, 3.63) is 64.7 Å². The normalized spacial score (nSPS) is 13.3. The van der Waals surface area contributed by atoms with Crippen molar-refractivity contribution in [2.75, 3.05) is 7.05 Å². The van der Waals surface area contributed by atoms with Crippen molar-refractivity contribution in [1.82, 2.24) is 4.90 Å². The number of ether oxygens (including phenoxy) is 1. The third kappa shape index (κ3) is 2.16. The highest BCUT2D eigenvalue weighted by atomic mass is 16.5. The molecule has 0 radical (unpaired) electrons. The number of carbonyl (C=O) groups excluding carboxylic acids is 3. The summed E-state index contributed by atoms with van der Waals surface area (Å²) in [7, 11) is 1.41. The van der Waals surface area contributed by atoms with Gasteiger partial charge in [0.2, 0.25) is 0 Å². The van der Waals surface area contributed by atoms with Crippen molar-refractivity contribution in [3.8, 4) is 5.75 Å². The number of benzene rings is 2. The number of hydrogen-bond acceptors (Lipinski definition) is 4. The average Bonchev–Trinajstić information content (AvgIpc) is 2.74. The topological polar surface area (TPSA) is 63.7 Å². The molecule has 0 saturated heterocycles. The smallest absolute Gasteiger partial charge is 0.343 e. The molecule has 0 unspecified atom stereocenters. The summed E-state index contributed by atoms with van der Waals surface area (Å²) >= 11 is 0. The van der Waals surface area contributed by atoms with E-state index >= 15 is 0 Å². The Morgan fingerprint density at radius 3 is 2.41 bits per heavy atom. The van der Waals surface area contributed by atoms with E-state index in [4.69, 9.17) is 4.74 Å². The molecule has 0 aliphatic carbocycles. The van der Waals surface area contributed by atoms with Crippen LogP contribution in [-0.2, 0) is 0 Å². The maximum Gasteiger partial charge on any atom is 0.343 e. The van der Waals surface area contributed by atoms with Gasteiger partial charge in [-0.2, -0.15) is 0 Å². The molecule has 0 spiro atoms. The van der Waals surface area contributed by atoms with Crippen molar-refractivity contribution in [1.29, 1.82) is 0 Å². The Labute approximate surface area is 127 Å². The molecular formula is C17H13NO4. The summed E-state index contributed by atoms with van der Waals surface area (Å²) in [6.07, 6.45) is 0. The van der Waals surface area contributed by atoms with E-state index in [1.807, 2.05) is 19.1 Å². The summed E-state index contributed by atoms with van der Waals surface area (Å²) in [6, 6.07) is 11.5. The van der Waals surface area contributed by atoms with Crippen LogP contribution in [0.15, 0.2) is 42.5 Å². The summed E-state index contributed by atoms with van der Waals surface area (Å²) in [4.78, 5) is 37.0. The number of esters is 1. The van der Waals surface area contributed by atoms with Crippen LogP contribution in [0.1, 0.15) is 36.6 Å². The fourth-order valence-electron chi connectivity index (χ4n) is 2.32. The van der Waals surface area contributed by atoms with Crippen molar-refractivity contribution in [2.24, 2.45) is 0 Å². The molecule has 22 heavy (non-hydrogen) atoms. The second-order valence-corrected chi connectivity index (χ2v) is 5.08. The minimum atomic E-state index is -0.563. The molecule has 5 nitrogen and oxygen atoms in total. The van der Waals surface area contributed by atoms with Gasteiger partial charge in [0.05, 0.1) is 16.7 Å². The van der Waals surface area contributed by atoms with Gasteiger partial charge in [0.25, 0.3) is 11.8 Å². The van der Waals surface area contributed by atoms with E-state index in [1.54, 1.807) is 12.1 Å². The predicted molar refractivity (Wildman–Crippen MR) is 79.0 cm³/mol. The number of rotatable bonds is 2. The van der Waals surface area contributed by atoms with E-state index in [-0.39, 0.29) is 17.0 Å². The van der Waals surface area contributed by atoms with Gasteiger partial charge in [-0.05, 0) is 36.8 Å². The fraction of sp³-hybridized carbons (Fsp3) is 0.118. The van der Waals surface area contributed by atoms with E-state index in [0.717, 1.165) is 10.5 Å². The Bertz CT molecular complexity index is 810. The number of amides is 2. The van der Waals surface area contributed by atoms with Crippen molar-refractivity contribution >= 4 is 17.8 Å². The molecule has 1 aliphatic rings. The Morgan fingerprint density at radius 2 is 1.68 bits per heavy atom. The lowest BCUT2D eigenvalue weighted by Gasteiger charge is -2.07. The molecule has 0 aromatic heterocycles. The van der Waals surface area contributed by atoms with E-state index in [1.165, 1.54) is 25.2 Å². The minimum Gasteiger partial charge on any atom is -0.423 e. The third-order valence-electron chi connectivity index (χ3n) is 3.62. The molecule has 2 aromatic rings. The average molecular weight is 295 g/mol. The lowest BCUT2D eigenvalue weighted by atomic mass is 10.1. The maximum atomic E-state index is 12.2. The highest BCUT2D eigenvalue weighted by Crippen LogP contribution is 2.24. The Balaban J connectivity index is 1.91. The van der Waals surface area contributed by atoms with E-state index in [9.17, 15) is 14.4 Å². The molecule has 0 N–H and O–H groups in total. The number of nitrogens with zero attached hydrogens (tertiary/aromatic N) is 1. The van der Waals surface area contributed by atoms with Crippen LogP contribution in [0.5, 0.6) is 5.75 Å². The van der Waals surface area contributed by atoms with Crippen molar-refractivity contribution < 1.29 is 19.1 Å². The summed E-state index contributed by atoms with van der Waals surface area (Å²) in [5.41, 5.74) is 1.60. The number of hydrogen-bond donors (Lipinski definition) is 0. The third-order valence-corrected chi connectivity index (χ3v) is 3.62. The molecule has 0 fully saturated rings. The van der Waals surface area contributed by atoms with Gasteiger partial charge in [-0.3, -0.25) is 14.5 Å². The highest BCUT2D eigenvalue weighted by Gasteiger charge is 2.33. The van der Waals surface area contributed by atoms with E-state index < -0.39 is 11.9 Å². The Hall–Kier alpha value is -2.95. The first-order valence-corrected chi connectivity index (χ1v) is 6.73. The molecule has 1 aliphatic heterocycles. The number of carbonyl (C=O) groups is 3. The molecule has 3 rings (SSSR count). The van der Waals surface area contributed by atoms with Crippen LogP contribution in [0.4, 0.5) is 0 Å². The van der Waals surface area contributed by atoms with E-state index in [2.05, 4.69) is 0 Å². The zero-order chi connectivity index (χ0) is 15.9. The predicted octanol–water partition coefficient (Wildman–Crippen LogP) is 2.44. The van der Waals surface area contributed by atoms with Crippen LogP contribution in [-0.4, -0.2) is 29.7 Å². The van der Waals surface area contributed by atoms with Gasteiger partial charge in [-0.1, -0.05) is 18.2 Å². The number of para-hydroxylation sites is 1. The zero-order valence-corrected chi connectivity index (χ0v) is 12.1. The van der Waals surface area contributed by atoms with Gasteiger partial charge in [-0.25, -0.2) is 4.79 Å². The quantitative estimate of drug-likeness (QED) is 0.485. The van der Waals surface area contributed by atoms with Gasteiger partial charge in [0, 0.05) is 7.05 Å². The summed E-state index contributed by atoms with van der Waals surface area (Å²) in [6.45, 7) is 1.84. The first-order valence-electron chi connectivity index (χ1n) is 6.73. The molecule has 110 valence electrons. The molecule has 2 amide bonds. The Morgan fingerprint density at radius 1 is 1.00 bits per heavy atom. The van der Waals surface area contributed by atoms with Crippen LogP contribution in [0.2, 0.25) is 0 Å². The lowest BCUT2D eigenvalue weighted by Crippen LogP contribution is -2.24. The van der Waals surface area contributed by atoms with Crippen LogP contribution < -0.4 is 4.74 Å². The van der Waals surface area contributed by atoms with Gasteiger partial charge < -0.3 is 4.74 Å². The first-order chi connectivity index (χ1) is 10.5. The van der Waals surface area contributed by atoms with Crippen molar-refractivity contribution in [2.45, 2.75) is 6.92 Å². The molecular weight excluding hydrogens is 282 g/mol. The van der Waals surface area contributed by atoms with Crippen LogP contribution in [0.25, 0.3) is 0 Å². The zero-order valence-electron chi connectivity index (χ0n) is 12.1. The fourth-order valence-corrected chi connectivity index (χ4v) is 2.32. The molecule has 0 atom stereocenters. The highest BCUT2D eigenvalue weighted by molar-refractivity contribution is 6.21. The Kier molecular flexibility index (Phi) is 3.25. The van der Waals surface area contributed by atoms with E-state index in [0.29, 0.717) is 11.3 Å². The van der Waals surface area contributed by atoms with Gasteiger partial charge in [-0.15, -0.1) is 0 Å². The molecule has 1 heterocycles. The number of imide groups is 1. The SMILES string of the molecule is Cc1ccccc1OC(=O)c1ccc2c(c1)C(=O)N(C)C2=O. The number of aryl methyl sites for hydroxylation is 1. The summed E-state index contributed by atoms with van der Waals surface area (Å²) in [5, 5.41) is 0. The second-order valence-electron chi connectivity index (χ2n) is 5.08. The summed E-state index contributed by atoms with van der Waals surface area (Å²) in [5.74, 6) is -0.871. The van der Waals surface area contributed by atoms with Crippen LogP contribution in [0, 0.1) is 6.92 Å². The number of fused-ring (bicyclic) bond motifs is 1. The minimum absolute atomic E-state index is 0.228. The molecule has 5 heteroatoms.